The minimum absolute atomic E-state index is 0.234. The van der Waals surface area contributed by atoms with Crippen molar-refractivity contribution in [1.82, 2.24) is 10.2 Å². The summed E-state index contributed by atoms with van der Waals surface area (Å²) in [6.45, 7) is 8.55. The van der Waals surface area contributed by atoms with Crippen LogP contribution in [0, 0.1) is 5.82 Å². The zero-order valence-corrected chi connectivity index (χ0v) is 16.5. The van der Waals surface area contributed by atoms with Gasteiger partial charge in [-0.1, -0.05) is 25.5 Å². The van der Waals surface area contributed by atoms with Crippen LogP contribution in [0.15, 0.2) is 24.3 Å². The molecule has 2 atom stereocenters. The number of amides is 2. The molecule has 1 saturated heterocycles. The molecule has 27 heavy (non-hydrogen) atoms. The Morgan fingerprint density at radius 1 is 1.22 bits per heavy atom. The summed E-state index contributed by atoms with van der Waals surface area (Å²) in [6.07, 6.45) is 0.350. The Bertz CT molecular complexity index is 642. The highest BCUT2D eigenvalue weighted by Crippen LogP contribution is 2.31. The van der Waals surface area contributed by atoms with Crippen molar-refractivity contribution in [3.8, 4) is 0 Å². The molecule has 0 bridgehead atoms. The van der Waals surface area contributed by atoms with Crippen molar-refractivity contribution in [2.24, 2.45) is 0 Å². The number of hydrogen-bond acceptors (Lipinski definition) is 4. The highest BCUT2D eigenvalue weighted by molar-refractivity contribution is 5.70. The van der Waals surface area contributed by atoms with Gasteiger partial charge in [-0.25, -0.2) is 14.0 Å². The molecule has 150 valence electrons. The number of unbranched alkanes of at least 4 members (excludes halogenated alkanes) is 1. The first kappa shape index (κ1) is 21.0. The first-order valence-electron chi connectivity index (χ1n) is 9.37. The van der Waals surface area contributed by atoms with Crippen molar-refractivity contribution in [3.05, 3.63) is 35.6 Å². The van der Waals surface area contributed by atoms with Gasteiger partial charge in [-0.15, -0.1) is 0 Å². The molecule has 1 aromatic rings. The van der Waals surface area contributed by atoms with Crippen molar-refractivity contribution in [3.63, 3.8) is 0 Å². The molecule has 6 nitrogen and oxygen atoms in total. The molecule has 1 aliphatic heterocycles. The molecule has 0 spiro atoms. The monoisotopic (exact) mass is 380 g/mol. The average molecular weight is 380 g/mol. The second kappa shape index (κ2) is 9.06. The number of benzene rings is 1. The predicted octanol–water partition coefficient (Wildman–Crippen LogP) is 4.05. The van der Waals surface area contributed by atoms with E-state index in [0.717, 1.165) is 18.4 Å². The van der Waals surface area contributed by atoms with Gasteiger partial charge in [0, 0.05) is 19.0 Å². The molecule has 0 saturated carbocycles. The van der Waals surface area contributed by atoms with Crippen LogP contribution in [0.5, 0.6) is 0 Å². The Hall–Kier alpha value is -2.31. The Morgan fingerprint density at radius 2 is 1.89 bits per heavy atom. The fourth-order valence-corrected chi connectivity index (χ4v) is 2.95. The number of halogens is 1. The van der Waals surface area contributed by atoms with Crippen LogP contribution in [0.2, 0.25) is 0 Å². The molecule has 1 heterocycles. The van der Waals surface area contributed by atoms with Gasteiger partial charge in [0.05, 0.1) is 6.54 Å². The number of rotatable bonds is 5. The van der Waals surface area contributed by atoms with E-state index in [9.17, 15) is 14.0 Å². The Balaban J connectivity index is 2.10. The summed E-state index contributed by atoms with van der Waals surface area (Å²) in [5.74, 6) is -0.578. The van der Waals surface area contributed by atoms with Crippen molar-refractivity contribution >= 4 is 12.2 Å². The van der Waals surface area contributed by atoms with E-state index in [1.165, 1.54) is 17.0 Å². The van der Waals surface area contributed by atoms with Gasteiger partial charge in [0.1, 0.15) is 17.5 Å². The van der Waals surface area contributed by atoms with Crippen molar-refractivity contribution in [2.75, 3.05) is 19.6 Å². The van der Waals surface area contributed by atoms with Gasteiger partial charge in [-0.2, -0.15) is 0 Å². The molecule has 0 aliphatic carbocycles. The number of carbonyl (C=O) groups is 2. The molecule has 2 amide bonds. The topological polar surface area (TPSA) is 67.9 Å². The first-order valence-corrected chi connectivity index (χ1v) is 9.37. The van der Waals surface area contributed by atoms with Gasteiger partial charge in [0.25, 0.3) is 0 Å². The molecule has 0 aromatic heterocycles. The third-order valence-corrected chi connectivity index (χ3v) is 4.27. The molecule has 1 aliphatic rings. The Morgan fingerprint density at radius 3 is 2.48 bits per heavy atom. The third kappa shape index (κ3) is 6.41. The van der Waals surface area contributed by atoms with E-state index in [1.807, 2.05) is 6.92 Å². The van der Waals surface area contributed by atoms with Crippen LogP contribution in [0.1, 0.15) is 52.0 Å². The summed E-state index contributed by atoms with van der Waals surface area (Å²) in [4.78, 5) is 26.0. The fourth-order valence-electron chi connectivity index (χ4n) is 2.95. The summed E-state index contributed by atoms with van der Waals surface area (Å²) < 4.78 is 24.3. The lowest BCUT2D eigenvalue weighted by molar-refractivity contribution is 0.0259. The molecule has 2 rings (SSSR count). The SMILES string of the molecule is CCCCNC(=O)O[C@H]1CN(C(=O)OC(C)(C)C)C[C@@H]1c1ccc(F)cc1. The maximum absolute atomic E-state index is 13.3. The number of alkyl carbamates (subject to hydrolysis) is 1. The van der Waals surface area contributed by atoms with Crippen LogP contribution in [-0.2, 0) is 9.47 Å². The van der Waals surface area contributed by atoms with Crippen molar-refractivity contribution < 1.29 is 23.5 Å². The zero-order valence-electron chi connectivity index (χ0n) is 16.5. The summed E-state index contributed by atoms with van der Waals surface area (Å²) >= 11 is 0. The average Bonchev–Trinajstić information content (AvgIpc) is 2.98. The molecule has 1 fully saturated rings. The van der Waals surface area contributed by atoms with Gasteiger partial charge in [0.15, 0.2) is 0 Å². The van der Waals surface area contributed by atoms with Crippen LogP contribution >= 0.6 is 0 Å². The van der Waals surface area contributed by atoms with E-state index in [0.29, 0.717) is 13.1 Å². The summed E-state index contributed by atoms with van der Waals surface area (Å²) in [5.41, 5.74) is 0.202. The molecule has 0 radical (unpaired) electrons. The predicted molar refractivity (Wildman–Crippen MR) is 100 cm³/mol. The van der Waals surface area contributed by atoms with Crippen LogP contribution in [0.4, 0.5) is 14.0 Å². The van der Waals surface area contributed by atoms with Gasteiger partial charge >= 0.3 is 12.2 Å². The van der Waals surface area contributed by atoms with E-state index in [-0.39, 0.29) is 18.3 Å². The summed E-state index contributed by atoms with van der Waals surface area (Å²) in [5, 5.41) is 2.72. The first-order chi connectivity index (χ1) is 12.7. The lowest BCUT2D eigenvalue weighted by Gasteiger charge is -2.24. The molecule has 1 N–H and O–H groups in total. The lowest BCUT2D eigenvalue weighted by atomic mass is 9.96. The third-order valence-electron chi connectivity index (χ3n) is 4.27. The number of nitrogens with zero attached hydrogens (tertiary/aromatic N) is 1. The summed E-state index contributed by atoms with van der Waals surface area (Å²) in [6, 6.07) is 6.04. The number of likely N-dealkylation sites (tertiary alicyclic amines) is 1. The highest BCUT2D eigenvalue weighted by Gasteiger charge is 2.40. The quantitative estimate of drug-likeness (QED) is 0.783. The molecular formula is C20H29FN2O4. The van der Waals surface area contributed by atoms with Crippen LogP contribution in [-0.4, -0.2) is 48.4 Å². The van der Waals surface area contributed by atoms with Gasteiger partial charge in [-0.3, -0.25) is 0 Å². The van der Waals surface area contributed by atoms with E-state index >= 15 is 0 Å². The second-order valence-electron chi connectivity index (χ2n) is 7.77. The van der Waals surface area contributed by atoms with Gasteiger partial charge in [0.2, 0.25) is 0 Å². The van der Waals surface area contributed by atoms with Crippen LogP contribution in [0.3, 0.4) is 0 Å². The smallest absolute Gasteiger partial charge is 0.410 e. The van der Waals surface area contributed by atoms with E-state index < -0.39 is 23.9 Å². The van der Waals surface area contributed by atoms with Crippen LogP contribution in [0.25, 0.3) is 0 Å². The van der Waals surface area contributed by atoms with Gasteiger partial charge < -0.3 is 19.7 Å². The number of nitrogens with one attached hydrogen (secondary N) is 1. The molecule has 1 aromatic carbocycles. The lowest BCUT2D eigenvalue weighted by Crippen LogP contribution is -2.37. The van der Waals surface area contributed by atoms with E-state index in [2.05, 4.69) is 5.32 Å². The minimum Gasteiger partial charge on any atom is -0.444 e. The van der Waals surface area contributed by atoms with E-state index in [1.54, 1.807) is 32.9 Å². The molecular weight excluding hydrogens is 351 g/mol. The highest BCUT2D eigenvalue weighted by atomic mass is 19.1. The normalized spacial score (nSPS) is 19.7. The fraction of sp³-hybridized carbons (Fsp3) is 0.600. The largest absolute Gasteiger partial charge is 0.444 e. The second-order valence-corrected chi connectivity index (χ2v) is 7.77. The van der Waals surface area contributed by atoms with Crippen molar-refractivity contribution in [2.45, 2.75) is 58.2 Å². The van der Waals surface area contributed by atoms with E-state index in [4.69, 9.17) is 9.47 Å². The maximum Gasteiger partial charge on any atom is 0.410 e. The number of carbonyl (C=O) groups excluding carboxylic acids is 2. The van der Waals surface area contributed by atoms with Crippen LogP contribution < -0.4 is 5.32 Å². The number of hydrogen-bond donors (Lipinski definition) is 1. The Kier molecular flexibility index (Phi) is 7.05. The molecule has 0 unspecified atom stereocenters. The standard InChI is InChI=1S/C20H29FN2O4/c1-5-6-11-22-18(24)26-17-13-23(19(25)27-20(2,3)4)12-16(17)14-7-9-15(21)10-8-14/h7-10,16-17H,5-6,11-13H2,1-4H3,(H,22,24)/t16-,17+/m1/s1. The minimum atomic E-state index is -0.612. The van der Waals surface area contributed by atoms with Gasteiger partial charge in [-0.05, 0) is 44.9 Å². The zero-order chi connectivity index (χ0) is 20.0. The summed E-state index contributed by atoms with van der Waals surface area (Å²) in [7, 11) is 0. The maximum atomic E-state index is 13.3. The van der Waals surface area contributed by atoms with Crippen molar-refractivity contribution in [1.29, 1.82) is 0 Å². The Labute approximate surface area is 160 Å². The number of ether oxygens (including phenoxy) is 2. The molecule has 7 heteroatoms.